The van der Waals surface area contributed by atoms with E-state index in [1.165, 1.54) is 0 Å². The molecular formula is C11H14N2O4. The maximum absolute atomic E-state index is 11.5. The van der Waals surface area contributed by atoms with Crippen molar-refractivity contribution in [3.63, 3.8) is 0 Å². The summed E-state index contributed by atoms with van der Waals surface area (Å²) in [4.78, 5) is 21.8. The Balaban J connectivity index is 2.45. The van der Waals surface area contributed by atoms with Crippen molar-refractivity contribution < 1.29 is 19.8 Å². The summed E-state index contributed by atoms with van der Waals surface area (Å²) in [5, 5.41) is 21.8. The smallest absolute Gasteiger partial charge is 0.405 e. The van der Waals surface area contributed by atoms with Crippen LogP contribution in [0, 0.1) is 0 Å². The quantitative estimate of drug-likeness (QED) is 0.577. The summed E-state index contributed by atoms with van der Waals surface area (Å²) in [5.41, 5.74) is 0.896. The van der Waals surface area contributed by atoms with Gasteiger partial charge < -0.3 is 20.8 Å². The summed E-state index contributed by atoms with van der Waals surface area (Å²) >= 11 is 0. The van der Waals surface area contributed by atoms with Gasteiger partial charge in [-0.1, -0.05) is 30.3 Å². The average Bonchev–Trinajstić information content (AvgIpc) is 2.34. The van der Waals surface area contributed by atoms with Gasteiger partial charge in [0.05, 0.1) is 6.61 Å². The van der Waals surface area contributed by atoms with Crippen molar-refractivity contribution >= 4 is 12.0 Å². The minimum absolute atomic E-state index is 0.289. The molecule has 0 bridgehead atoms. The molecule has 1 atom stereocenters. The summed E-state index contributed by atoms with van der Waals surface area (Å²) in [7, 11) is 0. The van der Waals surface area contributed by atoms with Gasteiger partial charge in [-0.05, 0) is 5.56 Å². The number of benzene rings is 1. The molecule has 4 N–H and O–H groups in total. The Morgan fingerprint density at radius 1 is 1.24 bits per heavy atom. The van der Waals surface area contributed by atoms with Crippen molar-refractivity contribution in [2.75, 3.05) is 6.61 Å². The number of carboxylic acid groups (broad SMARTS) is 1. The lowest BCUT2D eigenvalue weighted by Gasteiger charge is -2.14. The molecule has 1 rings (SSSR count). The van der Waals surface area contributed by atoms with E-state index in [0.717, 1.165) is 5.56 Å². The fraction of sp³-hybridized carbons (Fsp3) is 0.273. The fourth-order valence-corrected chi connectivity index (χ4v) is 1.25. The van der Waals surface area contributed by atoms with E-state index in [0.29, 0.717) is 0 Å². The van der Waals surface area contributed by atoms with Crippen LogP contribution in [-0.4, -0.2) is 34.9 Å². The summed E-state index contributed by atoms with van der Waals surface area (Å²) in [5.74, 6) is -0.557. The van der Waals surface area contributed by atoms with E-state index in [1.54, 1.807) is 0 Å². The summed E-state index contributed by atoms with van der Waals surface area (Å²) in [6, 6.07) is 8.04. The lowest BCUT2D eigenvalue weighted by Crippen LogP contribution is -2.48. The molecule has 0 aliphatic carbocycles. The lowest BCUT2D eigenvalue weighted by atomic mass is 10.2. The topological polar surface area (TPSA) is 98.7 Å². The first-order valence-electron chi connectivity index (χ1n) is 5.05. The fourth-order valence-electron chi connectivity index (χ4n) is 1.25. The van der Waals surface area contributed by atoms with Crippen molar-refractivity contribution in [3.8, 4) is 0 Å². The Morgan fingerprint density at radius 2 is 1.88 bits per heavy atom. The minimum Gasteiger partial charge on any atom is -0.465 e. The highest BCUT2D eigenvalue weighted by atomic mass is 16.4. The zero-order valence-corrected chi connectivity index (χ0v) is 9.09. The Morgan fingerprint density at radius 3 is 2.41 bits per heavy atom. The van der Waals surface area contributed by atoms with Crippen LogP contribution in [-0.2, 0) is 11.3 Å². The van der Waals surface area contributed by atoms with Gasteiger partial charge in [-0.2, -0.15) is 0 Å². The number of carbonyl (C=O) groups excluding carboxylic acids is 1. The molecule has 0 aliphatic heterocycles. The third-order valence-corrected chi connectivity index (χ3v) is 2.11. The maximum Gasteiger partial charge on any atom is 0.405 e. The van der Waals surface area contributed by atoms with E-state index in [-0.39, 0.29) is 6.54 Å². The molecule has 1 aromatic rings. The van der Waals surface area contributed by atoms with E-state index in [1.807, 2.05) is 35.6 Å². The number of rotatable bonds is 5. The molecule has 6 nitrogen and oxygen atoms in total. The zero-order valence-electron chi connectivity index (χ0n) is 9.09. The minimum atomic E-state index is -1.35. The van der Waals surface area contributed by atoms with Gasteiger partial charge >= 0.3 is 6.09 Å². The van der Waals surface area contributed by atoms with Gasteiger partial charge in [0.15, 0.2) is 0 Å². The monoisotopic (exact) mass is 238 g/mol. The number of hydrogen-bond donors (Lipinski definition) is 4. The van der Waals surface area contributed by atoms with Crippen molar-refractivity contribution in [2.45, 2.75) is 12.6 Å². The van der Waals surface area contributed by atoms with E-state index >= 15 is 0 Å². The first-order valence-corrected chi connectivity index (χ1v) is 5.05. The first kappa shape index (κ1) is 13.0. The molecule has 92 valence electrons. The number of aliphatic hydroxyl groups is 1. The second-order valence-corrected chi connectivity index (χ2v) is 3.39. The SMILES string of the molecule is O=C(O)NC(CO)C(=O)NCc1ccccc1. The van der Waals surface area contributed by atoms with E-state index in [9.17, 15) is 9.59 Å². The predicted octanol–water partition coefficient (Wildman–Crippen LogP) is -0.0687. The van der Waals surface area contributed by atoms with E-state index in [2.05, 4.69) is 5.32 Å². The van der Waals surface area contributed by atoms with Gasteiger partial charge in [-0.15, -0.1) is 0 Å². The van der Waals surface area contributed by atoms with Crippen LogP contribution in [0.2, 0.25) is 0 Å². The van der Waals surface area contributed by atoms with Crippen LogP contribution in [0.1, 0.15) is 5.56 Å². The Hall–Kier alpha value is -2.08. The largest absolute Gasteiger partial charge is 0.465 e. The van der Waals surface area contributed by atoms with Crippen LogP contribution in [0.3, 0.4) is 0 Å². The predicted molar refractivity (Wildman–Crippen MR) is 60.3 cm³/mol. The standard InChI is InChI=1S/C11H14N2O4/c14-7-9(13-11(16)17)10(15)12-6-8-4-2-1-3-5-8/h1-5,9,13-14H,6-7H2,(H,12,15)(H,16,17). The summed E-state index contributed by atoms with van der Waals surface area (Å²) in [6.45, 7) is -0.287. The molecular weight excluding hydrogens is 224 g/mol. The molecule has 0 aromatic heterocycles. The lowest BCUT2D eigenvalue weighted by molar-refractivity contribution is -0.124. The Kier molecular flexibility index (Phi) is 4.96. The van der Waals surface area contributed by atoms with Gasteiger partial charge in [0, 0.05) is 6.54 Å². The van der Waals surface area contributed by atoms with Crippen LogP contribution in [0.25, 0.3) is 0 Å². The van der Waals surface area contributed by atoms with Gasteiger partial charge in [0.25, 0.3) is 0 Å². The van der Waals surface area contributed by atoms with E-state index in [4.69, 9.17) is 10.2 Å². The van der Waals surface area contributed by atoms with Crippen molar-refractivity contribution in [2.24, 2.45) is 0 Å². The van der Waals surface area contributed by atoms with Gasteiger partial charge in [0.2, 0.25) is 5.91 Å². The normalized spacial score (nSPS) is 11.6. The number of carbonyl (C=O) groups is 2. The van der Waals surface area contributed by atoms with Crippen LogP contribution < -0.4 is 10.6 Å². The zero-order chi connectivity index (χ0) is 12.7. The summed E-state index contributed by atoms with van der Waals surface area (Å²) in [6.07, 6.45) is -1.35. The number of amides is 2. The van der Waals surface area contributed by atoms with E-state index < -0.39 is 24.6 Å². The van der Waals surface area contributed by atoms with Gasteiger partial charge in [-0.25, -0.2) is 4.79 Å². The molecule has 0 aliphatic rings. The van der Waals surface area contributed by atoms with Crippen molar-refractivity contribution in [1.82, 2.24) is 10.6 Å². The van der Waals surface area contributed by atoms with Crippen LogP contribution in [0.4, 0.5) is 4.79 Å². The highest BCUT2D eigenvalue weighted by molar-refractivity contribution is 5.85. The molecule has 0 spiro atoms. The molecule has 0 saturated heterocycles. The van der Waals surface area contributed by atoms with Crippen LogP contribution in [0.5, 0.6) is 0 Å². The molecule has 2 amide bonds. The highest BCUT2D eigenvalue weighted by Gasteiger charge is 2.18. The number of aliphatic hydroxyl groups excluding tert-OH is 1. The second-order valence-electron chi connectivity index (χ2n) is 3.39. The van der Waals surface area contributed by atoms with Gasteiger partial charge in [0.1, 0.15) is 6.04 Å². The Labute approximate surface area is 98.3 Å². The number of hydrogen-bond acceptors (Lipinski definition) is 3. The third-order valence-electron chi connectivity index (χ3n) is 2.11. The molecule has 0 radical (unpaired) electrons. The Bertz CT molecular complexity index is 380. The summed E-state index contributed by atoms with van der Waals surface area (Å²) < 4.78 is 0. The number of nitrogens with one attached hydrogen (secondary N) is 2. The molecule has 1 aromatic carbocycles. The average molecular weight is 238 g/mol. The van der Waals surface area contributed by atoms with Gasteiger partial charge in [-0.3, -0.25) is 4.79 Å². The van der Waals surface area contributed by atoms with Crippen molar-refractivity contribution in [1.29, 1.82) is 0 Å². The van der Waals surface area contributed by atoms with Crippen molar-refractivity contribution in [3.05, 3.63) is 35.9 Å². The molecule has 17 heavy (non-hydrogen) atoms. The second kappa shape index (κ2) is 6.49. The highest BCUT2D eigenvalue weighted by Crippen LogP contribution is 1.97. The molecule has 0 fully saturated rings. The molecule has 0 saturated carbocycles. The third kappa shape index (κ3) is 4.52. The first-order chi connectivity index (χ1) is 8.13. The molecule has 6 heteroatoms. The van der Waals surface area contributed by atoms with Crippen LogP contribution in [0.15, 0.2) is 30.3 Å². The molecule has 0 heterocycles. The molecule has 1 unspecified atom stereocenters. The van der Waals surface area contributed by atoms with Crippen LogP contribution >= 0.6 is 0 Å². The maximum atomic E-state index is 11.5.